The predicted octanol–water partition coefficient (Wildman–Crippen LogP) is 5.70. The molecule has 0 spiro atoms. The molecule has 9 atom stereocenters. The van der Waals surface area contributed by atoms with Crippen LogP contribution in [0.4, 0.5) is 0 Å². The van der Waals surface area contributed by atoms with E-state index >= 15 is 0 Å². The third kappa shape index (κ3) is 2.88. The molecule has 5 aliphatic carbocycles. The van der Waals surface area contributed by atoms with Crippen LogP contribution < -0.4 is 5.73 Å². The molecule has 0 radical (unpaired) electrons. The molecular formula is C26H43NO2. The van der Waals surface area contributed by atoms with Crippen molar-refractivity contribution in [2.24, 2.45) is 52.1 Å². The zero-order valence-corrected chi connectivity index (χ0v) is 19.2. The van der Waals surface area contributed by atoms with Gasteiger partial charge in [-0.3, -0.25) is 4.79 Å². The van der Waals surface area contributed by atoms with Gasteiger partial charge < -0.3 is 10.5 Å². The van der Waals surface area contributed by atoms with E-state index in [2.05, 4.69) is 20.8 Å². The Labute approximate surface area is 177 Å². The SMILES string of the molecule is CC(=O)OC1CCC2(C)C3CCC4C(CCC5(N)CCCC45)C3CCC2C1(C)C. The Morgan fingerprint density at radius 1 is 0.828 bits per heavy atom. The first-order valence-corrected chi connectivity index (χ1v) is 12.6. The van der Waals surface area contributed by atoms with Crippen molar-refractivity contribution in [3.05, 3.63) is 0 Å². The van der Waals surface area contributed by atoms with Crippen LogP contribution in [0.25, 0.3) is 0 Å². The van der Waals surface area contributed by atoms with E-state index in [9.17, 15) is 4.79 Å². The molecule has 5 saturated carbocycles. The monoisotopic (exact) mass is 401 g/mol. The molecule has 5 aliphatic rings. The van der Waals surface area contributed by atoms with Crippen LogP contribution in [0.3, 0.4) is 0 Å². The van der Waals surface area contributed by atoms with Crippen molar-refractivity contribution in [3.8, 4) is 0 Å². The van der Waals surface area contributed by atoms with Crippen LogP contribution in [-0.2, 0) is 9.53 Å². The summed E-state index contributed by atoms with van der Waals surface area (Å²) in [6.07, 6.45) is 14.6. The fourth-order valence-corrected chi connectivity index (χ4v) is 10.1. The fraction of sp³-hybridized carbons (Fsp3) is 0.962. The third-order valence-corrected chi connectivity index (χ3v) is 11.2. The van der Waals surface area contributed by atoms with Crippen molar-refractivity contribution >= 4 is 5.97 Å². The summed E-state index contributed by atoms with van der Waals surface area (Å²) < 4.78 is 5.83. The van der Waals surface area contributed by atoms with E-state index < -0.39 is 0 Å². The van der Waals surface area contributed by atoms with Gasteiger partial charge in [-0.25, -0.2) is 0 Å². The maximum Gasteiger partial charge on any atom is 0.302 e. The minimum absolute atomic E-state index is 0.0882. The van der Waals surface area contributed by atoms with E-state index in [1.165, 1.54) is 64.2 Å². The average molecular weight is 402 g/mol. The number of hydrogen-bond acceptors (Lipinski definition) is 3. The first kappa shape index (κ1) is 20.3. The quantitative estimate of drug-likeness (QED) is 0.573. The van der Waals surface area contributed by atoms with Crippen LogP contribution in [0, 0.1) is 46.3 Å². The number of rotatable bonds is 1. The molecule has 164 valence electrons. The van der Waals surface area contributed by atoms with Gasteiger partial charge in [-0.1, -0.05) is 27.2 Å². The van der Waals surface area contributed by atoms with E-state index in [1.54, 1.807) is 6.92 Å². The Balaban J connectivity index is 1.39. The van der Waals surface area contributed by atoms with Crippen LogP contribution in [0.15, 0.2) is 0 Å². The van der Waals surface area contributed by atoms with Crippen molar-refractivity contribution in [1.29, 1.82) is 0 Å². The van der Waals surface area contributed by atoms with Gasteiger partial charge in [0.25, 0.3) is 0 Å². The summed E-state index contributed by atoms with van der Waals surface area (Å²) in [5.74, 6) is 5.00. The normalized spacial score (nSPS) is 53.2. The van der Waals surface area contributed by atoms with Gasteiger partial charge in [-0.2, -0.15) is 0 Å². The first-order chi connectivity index (χ1) is 13.7. The first-order valence-electron chi connectivity index (χ1n) is 12.6. The molecule has 0 saturated heterocycles. The lowest BCUT2D eigenvalue weighted by Crippen LogP contribution is -2.61. The smallest absolute Gasteiger partial charge is 0.302 e. The molecule has 9 unspecified atom stereocenters. The largest absolute Gasteiger partial charge is 0.462 e. The second-order valence-corrected chi connectivity index (χ2v) is 12.5. The summed E-state index contributed by atoms with van der Waals surface area (Å²) in [5, 5.41) is 0. The van der Waals surface area contributed by atoms with Gasteiger partial charge in [0.05, 0.1) is 0 Å². The molecule has 0 bridgehead atoms. The number of nitrogens with two attached hydrogens (primary N) is 1. The van der Waals surface area contributed by atoms with Crippen molar-refractivity contribution < 1.29 is 9.53 Å². The molecule has 3 nitrogen and oxygen atoms in total. The van der Waals surface area contributed by atoms with E-state index in [-0.39, 0.29) is 23.0 Å². The Kier molecular flexibility index (Phi) is 4.71. The molecule has 29 heavy (non-hydrogen) atoms. The standard InChI is InChI=1S/C26H43NO2/c1-16(28)29-23-12-14-25(4)20-9-7-19-17(11-15-26(27)13-5-6-21(19)26)18(20)8-10-22(25)24(23,2)3/h17-23H,5-15,27H2,1-4H3. The average Bonchev–Trinajstić information content (AvgIpc) is 3.05. The Bertz CT molecular complexity index is 674. The molecule has 0 heterocycles. The van der Waals surface area contributed by atoms with Crippen molar-refractivity contribution in [2.45, 2.75) is 110 Å². The van der Waals surface area contributed by atoms with Crippen LogP contribution in [-0.4, -0.2) is 17.6 Å². The van der Waals surface area contributed by atoms with Gasteiger partial charge >= 0.3 is 5.97 Å². The van der Waals surface area contributed by atoms with E-state index in [0.717, 1.165) is 36.0 Å². The summed E-state index contributed by atoms with van der Waals surface area (Å²) in [5.41, 5.74) is 7.61. The van der Waals surface area contributed by atoms with Gasteiger partial charge in [-0.15, -0.1) is 0 Å². The topological polar surface area (TPSA) is 52.3 Å². The van der Waals surface area contributed by atoms with E-state index in [1.807, 2.05) is 0 Å². The maximum absolute atomic E-state index is 11.7. The van der Waals surface area contributed by atoms with Crippen LogP contribution in [0.2, 0.25) is 0 Å². The highest BCUT2D eigenvalue weighted by molar-refractivity contribution is 5.66. The van der Waals surface area contributed by atoms with Crippen LogP contribution in [0.5, 0.6) is 0 Å². The van der Waals surface area contributed by atoms with Gasteiger partial charge in [0, 0.05) is 17.9 Å². The minimum atomic E-state index is -0.107. The number of hydrogen-bond donors (Lipinski definition) is 1. The third-order valence-electron chi connectivity index (χ3n) is 11.2. The zero-order valence-electron chi connectivity index (χ0n) is 19.2. The molecular weight excluding hydrogens is 358 g/mol. The highest BCUT2D eigenvalue weighted by Gasteiger charge is 2.62. The lowest BCUT2D eigenvalue weighted by atomic mass is 9.41. The zero-order chi connectivity index (χ0) is 20.6. The molecule has 5 rings (SSSR count). The molecule has 0 aromatic heterocycles. The number of carbonyl (C=O) groups excluding carboxylic acids is 1. The summed E-state index contributed by atoms with van der Waals surface area (Å²) >= 11 is 0. The molecule has 0 aliphatic heterocycles. The van der Waals surface area contributed by atoms with Crippen LogP contribution >= 0.6 is 0 Å². The second kappa shape index (κ2) is 6.71. The number of ether oxygens (including phenoxy) is 1. The molecule has 0 aromatic carbocycles. The van der Waals surface area contributed by atoms with Gasteiger partial charge in [0.15, 0.2) is 0 Å². The maximum atomic E-state index is 11.7. The minimum Gasteiger partial charge on any atom is -0.462 e. The molecule has 5 fully saturated rings. The van der Waals surface area contributed by atoms with Gasteiger partial charge in [-0.05, 0) is 105 Å². The summed E-state index contributed by atoms with van der Waals surface area (Å²) in [6.45, 7) is 8.96. The Morgan fingerprint density at radius 2 is 1.55 bits per heavy atom. The van der Waals surface area contributed by atoms with E-state index in [4.69, 9.17) is 10.5 Å². The number of carbonyl (C=O) groups is 1. The lowest BCUT2D eigenvalue weighted by molar-refractivity contribution is -0.195. The van der Waals surface area contributed by atoms with Crippen molar-refractivity contribution in [1.82, 2.24) is 0 Å². The fourth-order valence-electron chi connectivity index (χ4n) is 10.1. The predicted molar refractivity (Wildman–Crippen MR) is 116 cm³/mol. The second-order valence-electron chi connectivity index (χ2n) is 12.5. The van der Waals surface area contributed by atoms with Crippen molar-refractivity contribution in [2.75, 3.05) is 0 Å². The number of fused-ring (bicyclic) bond motifs is 7. The molecule has 0 amide bonds. The highest BCUT2D eigenvalue weighted by Crippen LogP contribution is 2.68. The highest BCUT2D eigenvalue weighted by atomic mass is 16.5. The Hall–Kier alpha value is -0.570. The summed E-state index contributed by atoms with van der Waals surface area (Å²) in [7, 11) is 0. The van der Waals surface area contributed by atoms with E-state index in [0.29, 0.717) is 11.3 Å². The van der Waals surface area contributed by atoms with Gasteiger partial charge in [0.2, 0.25) is 0 Å². The van der Waals surface area contributed by atoms with Gasteiger partial charge in [0.1, 0.15) is 6.10 Å². The summed E-state index contributed by atoms with van der Waals surface area (Å²) in [4.78, 5) is 11.7. The summed E-state index contributed by atoms with van der Waals surface area (Å²) in [6, 6.07) is 0. The molecule has 0 aromatic rings. The number of esters is 1. The van der Waals surface area contributed by atoms with Crippen molar-refractivity contribution in [3.63, 3.8) is 0 Å². The lowest BCUT2D eigenvalue weighted by Gasteiger charge is -2.65. The molecule has 3 heteroatoms. The Morgan fingerprint density at radius 3 is 2.31 bits per heavy atom. The molecule has 2 N–H and O–H groups in total. The van der Waals surface area contributed by atoms with Crippen LogP contribution in [0.1, 0.15) is 98.3 Å².